The summed E-state index contributed by atoms with van der Waals surface area (Å²) in [5.74, 6) is -0.111. The number of aromatic nitrogens is 3. The number of carbonyl (C=O) groups excluding carboxylic acids is 1. The van der Waals surface area contributed by atoms with Crippen LogP contribution in [0.1, 0.15) is 67.2 Å². The van der Waals surface area contributed by atoms with E-state index in [0.29, 0.717) is 24.0 Å². The summed E-state index contributed by atoms with van der Waals surface area (Å²) in [7, 11) is 0. The van der Waals surface area contributed by atoms with Crippen molar-refractivity contribution in [2.75, 3.05) is 10.6 Å². The zero-order valence-corrected chi connectivity index (χ0v) is 23.3. The Hall–Kier alpha value is -2.62. The number of thiazole rings is 1. The maximum atomic E-state index is 13.1. The van der Waals surface area contributed by atoms with Crippen LogP contribution in [0, 0.1) is 5.92 Å². The van der Waals surface area contributed by atoms with Gasteiger partial charge in [-0.2, -0.15) is 10.2 Å². The Morgan fingerprint density at radius 1 is 1.05 bits per heavy atom. The lowest BCUT2D eigenvalue weighted by atomic mass is 9.80. The van der Waals surface area contributed by atoms with E-state index < -0.39 is 0 Å². The first-order valence-electron chi connectivity index (χ1n) is 13.1. The van der Waals surface area contributed by atoms with E-state index in [-0.39, 0.29) is 35.2 Å². The second kappa shape index (κ2) is 9.93. The van der Waals surface area contributed by atoms with Gasteiger partial charge >= 0.3 is 0 Å². The number of anilines is 2. The van der Waals surface area contributed by atoms with E-state index in [2.05, 4.69) is 45.7 Å². The van der Waals surface area contributed by atoms with E-state index in [1.807, 2.05) is 46.0 Å². The lowest BCUT2D eigenvalue weighted by Crippen LogP contribution is -2.48. The van der Waals surface area contributed by atoms with Crippen molar-refractivity contribution in [3.8, 4) is 10.4 Å². The number of nitrogens with one attached hydrogen (secondary N) is 2. The highest BCUT2D eigenvalue weighted by Crippen LogP contribution is 2.39. The molecule has 0 bridgehead atoms. The fourth-order valence-corrected chi connectivity index (χ4v) is 6.83. The SMILES string of the molecule is CC1CC(Nc2cnnc3ccc(-c4cnc(NC(=O)C5CC(C)(C)OC(C)(C)C5)s4)cc23)CC(C)O1. The molecule has 0 spiro atoms. The second-order valence-corrected chi connectivity index (χ2v) is 12.8. The average Bonchev–Trinajstić information content (AvgIpc) is 3.25. The van der Waals surface area contributed by atoms with Gasteiger partial charge in [0.05, 0.1) is 45.7 Å². The molecule has 2 unspecified atom stereocenters. The van der Waals surface area contributed by atoms with Gasteiger partial charge in [-0.25, -0.2) is 4.98 Å². The van der Waals surface area contributed by atoms with Crippen LogP contribution in [0.25, 0.3) is 21.3 Å². The molecule has 8 nitrogen and oxygen atoms in total. The van der Waals surface area contributed by atoms with Gasteiger partial charge in [0.1, 0.15) is 0 Å². The fourth-order valence-electron chi connectivity index (χ4n) is 6.02. The third-order valence-corrected chi connectivity index (χ3v) is 8.08. The van der Waals surface area contributed by atoms with Crippen LogP contribution in [0.2, 0.25) is 0 Å². The van der Waals surface area contributed by atoms with Crippen molar-refractivity contribution in [2.45, 2.75) is 96.7 Å². The molecule has 37 heavy (non-hydrogen) atoms. The van der Waals surface area contributed by atoms with Gasteiger partial charge in [-0.1, -0.05) is 17.4 Å². The molecule has 0 radical (unpaired) electrons. The Balaban J connectivity index is 1.33. The molecule has 2 saturated heterocycles. The number of hydrogen-bond donors (Lipinski definition) is 2. The standard InChI is InChI=1S/C28H37N5O3S/c1-16-9-20(10-17(2)35-16)31-23-14-30-33-22-8-7-18(11-21(22)23)24-15-29-26(37-24)32-25(34)19-12-27(3,4)36-28(5,6)13-19/h7-8,11,14-17,19-20H,9-10,12-13H2,1-6H3,(H,31,33)(H,29,32,34). The van der Waals surface area contributed by atoms with E-state index in [1.165, 1.54) is 11.3 Å². The molecular formula is C28H37N5O3S. The molecule has 1 amide bonds. The Kier molecular flexibility index (Phi) is 6.98. The molecule has 1 aromatic carbocycles. The molecule has 2 fully saturated rings. The van der Waals surface area contributed by atoms with Gasteiger partial charge in [0.2, 0.25) is 5.91 Å². The molecule has 0 saturated carbocycles. The number of hydrogen-bond acceptors (Lipinski definition) is 8. The summed E-state index contributed by atoms with van der Waals surface area (Å²) >= 11 is 1.48. The molecule has 5 rings (SSSR count). The largest absolute Gasteiger partial charge is 0.380 e. The quantitative estimate of drug-likeness (QED) is 0.420. The van der Waals surface area contributed by atoms with Gasteiger partial charge in [0.25, 0.3) is 0 Å². The maximum Gasteiger partial charge on any atom is 0.229 e. The van der Waals surface area contributed by atoms with Crippen molar-refractivity contribution < 1.29 is 14.3 Å². The molecule has 2 N–H and O–H groups in total. The number of amides is 1. The van der Waals surface area contributed by atoms with Crippen LogP contribution in [-0.4, -0.2) is 50.5 Å². The van der Waals surface area contributed by atoms with E-state index in [9.17, 15) is 4.79 Å². The Morgan fingerprint density at radius 2 is 1.76 bits per heavy atom. The van der Waals surface area contributed by atoms with Crippen LogP contribution < -0.4 is 10.6 Å². The van der Waals surface area contributed by atoms with Crippen molar-refractivity contribution in [2.24, 2.45) is 5.92 Å². The smallest absolute Gasteiger partial charge is 0.229 e. The first-order valence-corrected chi connectivity index (χ1v) is 13.9. The van der Waals surface area contributed by atoms with Crippen molar-refractivity contribution in [1.29, 1.82) is 0 Å². The van der Waals surface area contributed by atoms with Gasteiger partial charge in [0.15, 0.2) is 5.13 Å². The van der Waals surface area contributed by atoms with Crippen LogP contribution in [0.5, 0.6) is 0 Å². The molecule has 2 aliphatic rings. The second-order valence-electron chi connectivity index (χ2n) is 11.8. The molecule has 2 aromatic heterocycles. The summed E-state index contributed by atoms with van der Waals surface area (Å²) in [6.45, 7) is 12.4. The predicted molar refractivity (Wildman–Crippen MR) is 148 cm³/mol. The molecule has 0 aliphatic carbocycles. The van der Waals surface area contributed by atoms with Crippen LogP contribution in [0.15, 0.2) is 30.6 Å². The number of carbonyl (C=O) groups is 1. The third-order valence-electron chi connectivity index (χ3n) is 7.12. The van der Waals surface area contributed by atoms with Crippen LogP contribution >= 0.6 is 11.3 Å². The summed E-state index contributed by atoms with van der Waals surface area (Å²) < 4.78 is 12.0. The van der Waals surface area contributed by atoms with Crippen LogP contribution in [0.4, 0.5) is 10.8 Å². The van der Waals surface area contributed by atoms with E-state index >= 15 is 0 Å². The van der Waals surface area contributed by atoms with Crippen molar-refractivity contribution in [3.05, 3.63) is 30.6 Å². The van der Waals surface area contributed by atoms with Crippen LogP contribution in [0.3, 0.4) is 0 Å². The summed E-state index contributed by atoms with van der Waals surface area (Å²) in [6, 6.07) is 6.46. The minimum Gasteiger partial charge on any atom is -0.380 e. The highest BCUT2D eigenvalue weighted by molar-refractivity contribution is 7.19. The molecule has 2 aliphatic heterocycles. The van der Waals surface area contributed by atoms with Gasteiger partial charge in [-0.05, 0) is 84.9 Å². The Labute approximate surface area is 222 Å². The van der Waals surface area contributed by atoms with E-state index in [1.54, 1.807) is 6.20 Å². The lowest BCUT2D eigenvalue weighted by Gasteiger charge is -2.44. The monoisotopic (exact) mass is 523 g/mol. The van der Waals surface area contributed by atoms with Gasteiger partial charge in [0, 0.05) is 23.5 Å². The lowest BCUT2D eigenvalue weighted by molar-refractivity contribution is -0.176. The van der Waals surface area contributed by atoms with Crippen molar-refractivity contribution in [1.82, 2.24) is 15.2 Å². The maximum absolute atomic E-state index is 13.1. The Morgan fingerprint density at radius 3 is 2.46 bits per heavy atom. The highest BCUT2D eigenvalue weighted by atomic mass is 32.1. The molecule has 4 heterocycles. The first-order chi connectivity index (χ1) is 17.5. The predicted octanol–water partition coefficient (Wildman–Crippen LogP) is 6.04. The minimum absolute atomic E-state index is 0.00513. The van der Waals surface area contributed by atoms with E-state index in [0.717, 1.165) is 39.9 Å². The molecule has 2 atom stereocenters. The topological polar surface area (TPSA) is 98.3 Å². The average molecular weight is 524 g/mol. The summed E-state index contributed by atoms with van der Waals surface area (Å²) in [5, 5.41) is 16.9. The zero-order chi connectivity index (χ0) is 26.4. The van der Waals surface area contributed by atoms with Gasteiger partial charge in [-0.15, -0.1) is 0 Å². The summed E-state index contributed by atoms with van der Waals surface area (Å²) in [6.07, 6.45) is 7.35. The number of fused-ring (bicyclic) bond motifs is 1. The van der Waals surface area contributed by atoms with Crippen molar-refractivity contribution >= 4 is 39.0 Å². The van der Waals surface area contributed by atoms with Gasteiger partial charge < -0.3 is 20.1 Å². The number of ether oxygens (including phenoxy) is 2. The van der Waals surface area contributed by atoms with Crippen LogP contribution in [-0.2, 0) is 14.3 Å². The summed E-state index contributed by atoms with van der Waals surface area (Å²) in [4.78, 5) is 18.6. The van der Waals surface area contributed by atoms with E-state index in [4.69, 9.17) is 9.47 Å². The highest BCUT2D eigenvalue weighted by Gasteiger charge is 2.42. The van der Waals surface area contributed by atoms with Crippen molar-refractivity contribution in [3.63, 3.8) is 0 Å². The Bertz CT molecular complexity index is 1260. The minimum atomic E-state index is -0.335. The molecule has 3 aromatic rings. The number of rotatable bonds is 5. The summed E-state index contributed by atoms with van der Waals surface area (Å²) in [5.41, 5.74) is 2.17. The fraction of sp³-hybridized carbons (Fsp3) is 0.571. The number of benzene rings is 1. The first kappa shape index (κ1) is 26.0. The van der Waals surface area contributed by atoms with Gasteiger partial charge in [-0.3, -0.25) is 4.79 Å². The normalized spacial score (nSPS) is 25.6. The zero-order valence-electron chi connectivity index (χ0n) is 22.5. The molecular weight excluding hydrogens is 486 g/mol. The molecule has 198 valence electrons. The third kappa shape index (κ3) is 6.10. The number of nitrogens with zero attached hydrogens (tertiary/aromatic N) is 3. The molecule has 9 heteroatoms.